The molecule has 1 heterocycles. The standard InChI is InChI=1S/C13H15BrClN3O/c1-9-8-18(5-6-19-2)13(16-9)17-12-7-10(14)3-4-11(12)15/h3-4,7-8H,5-6H2,1-2H3,(H,16,17). The van der Waals surface area contributed by atoms with Crippen molar-refractivity contribution in [1.82, 2.24) is 9.55 Å². The van der Waals surface area contributed by atoms with E-state index in [0.29, 0.717) is 11.6 Å². The van der Waals surface area contributed by atoms with Crippen LogP contribution in [0.3, 0.4) is 0 Å². The Labute approximate surface area is 125 Å². The van der Waals surface area contributed by atoms with Crippen LogP contribution in [0, 0.1) is 6.92 Å². The zero-order chi connectivity index (χ0) is 13.8. The van der Waals surface area contributed by atoms with Crippen LogP contribution in [0.15, 0.2) is 28.9 Å². The maximum absolute atomic E-state index is 6.16. The zero-order valence-electron chi connectivity index (χ0n) is 10.8. The minimum Gasteiger partial charge on any atom is -0.383 e. The van der Waals surface area contributed by atoms with Crippen LogP contribution in [0.1, 0.15) is 5.69 Å². The summed E-state index contributed by atoms with van der Waals surface area (Å²) in [5.41, 5.74) is 1.77. The number of halogens is 2. The average molecular weight is 345 g/mol. The summed E-state index contributed by atoms with van der Waals surface area (Å²) in [5, 5.41) is 3.90. The zero-order valence-corrected chi connectivity index (χ0v) is 13.1. The van der Waals surface area contributed by atoms with Gasteiger partial charge in [-0.3, -0.25) is 0 Å². The molecular weight excluding hydrogens is 330 g/mol. The van der Waals surface area contributed by atoms with E-state index in [-0.39, 0.29) is 0 Å². The quantitative estimate of drug-likeness (QED) is 0.891. The third-order valence-corrected chi connectivity index (χ3v) is 3.43. The van der Waals surface area contributed by atoms with Gasteiger partial charge in [-0.25, -0.2) is 4.98 Å². The minimum absolute atomic E-state index is 0.636. The molecule has 0 bridgehead atoms. The van der Waals surface area contributed by atoms with E-state index in [1.54, 1.807) is 7.11 Å². The summed E-state index contributed by atoms with van der Waals surface area (Å²) in [4.78, 5) is 4.45. The average Bonchev–Trinajstić information content (AvgIpc) is 2.71. The molecule has 0 aliphatic carbocycles. The van der Waals surface area contributed by atoms with Crippen LogP contribution in [-0.4, -0.2) is 23.3 Å². The van der Waals surface area contributed by atoms with E-state index in [2.05, 4.69) is 26.2 Å². The maximum atomic E-state index is 6.16. The van der Waals surface area contributed by atoms with Crippen molar-refractivity contribution in [3.63, 3.8) is 0 Å². The molecule has 19 heavy (non-hydrogen) atoms. The molecule has 2 aromatic rings. The molecule has 0 unspecified atom stereocenters. The third kappa shape index (κ3) is 3.72. The molecule has 1 aromatic heterocycles. The number of aromatic nitrogens is 2. The van der Waals surface area contributed by atoms with Crippen molar-refractivity contribution in [2.24, 2.45) is 0 Å². The molecule has 102 valence electrons. The summed E-state index contributed by atoms with van der Waals surface area (Å²) in [7, 11) is 1.68. The Bertz CT molecular complexity index is 571. The molecule has 1 aromatic carbocycles. The van der Waals surface area contributed by atoms with Crippen LogP contribution in [0.5, 0.6) is 0 Å². The second-order valence-electron chi connectivity index (χ2n) is 4.14. The second-order valence-corrected chi connectivity index (χ2v) is 5.46. The predicted molar refractivity (Wildman–Crippen MR) is 81.3 cm³/mol. The van der Waals surface area contributed by atoms with Crippen molar-refractivity contribution in [3.8, 4) is 0 Å². The smallest absolute Gasteiger partial charge is 0.207 e. The van der Waals surface area contributed by atoms with Crippen molar-refractivity contribution in [2.45, 2.75) is 13.5 Å². The first kappa shape index (κ1) is 14.4. The molecule has 0 amide bonds. The highest BCUT2D eigenvalue weighted by Gasteiger charge is 2.08. The third-order valence-electron chi connectivity index (χ3n) is 2.61. The Morgan fingerprint density at radius 2 is 2.26 bits per heavy atom. The van der Waals surface area contributed by atoms with E-state index in [0.717, 1.165) is 28.3 Å². The van der Waals surface area contributed by atoms with Gasteiger partial charge in [0, 0.05) is 24.3 Å². The number of nitrogens with zero attached hydrogens (tertiary/aromatic N) is 2. The second kappa shape index (κ2) is 6.41. The monoisotopic (exact) mass is 343 g/mol. The van der Waals surface area contributed by atoms with Gasteiger partial charge in [-0.15, -0.1) is 0 Å². The van der Waals surface area contributed by atoms with Gasteiger partial charge in [0.15, 0.2) is 0 Å². The van der Waals surface area contributed by atoms with Crippen molar-refractivity contribution in [2.75, 3.05) is 19.0 Å². The van der Waals surface area contributed by atoms with Crippen molar-refractivity contribution in [1.29, 1.82) is 0 Å². The number of ether oxygens (including phenoxy) is 1. The number of benzene rings is 1. The molecule has 4 nitrogen and oxygen atoms in total. The van der Waals surface area contributed by atoms with Gasteiger partial charge in [-0.1, -0.05) is 27.5 Å². The molecule has 2 rings (SSSR count). The molecule has 0 radical (unpaired) electrons. The molecule has 0 atom stereocenters. The molecule has 1 N–H and O–H groups in total. The molecule has 0 saturated carbocycles. The fourth-order valence-corrected chi connectivity index (χ4v) is 2.25. The molecule has 0 aliphatic heterocycles. The predicted octanol–water partition coefficient (Wildman–Crippen LogP) is 4.00. The lowest BCUT2D eigenvalue weighted by Gasteiger charge is -2.10. The fourth-order valence-electron chi connectivity index (χ4n) is 1.72. The SMILES string of the molecule is COCCn1cc(C)nc1Nc1cc(Br)ccc1Cl. The molecule has 0 spiro atoms. The largest absolute Gasteiger partial charge is 0.383 e. The summed E-state index contributed by atoms with van der Waals surface area (Å²) < 4.78 is 8.07. The number of anilines is 2. The highest BCUT2D eigenvalue weighted by molar-refractivity contribution is 9.10. The van der Waals surface area contributed by atoms with Gasteiger partial charge in [0.1, 0.15) is 0 Å². The van der Waals surface area contributed by atoms with Crippen LogP contribution < -0.4 is 5.32 Å². The Morgan fingerprint density at radius 3 is 3.00 bits per heavy atom. The summed E-state index contributed by atoms with van der Waals surface area (Å²) in [5.74, 6) is 0.759. The summed E-state index contributed by atoms with van der Waals surface area (Å²) >= 11 is 9.59. The van der Waals surface area contributed by atoms with Crippen LogP contribution in [0.25, 0.3) is 0 Å². The lowest BCUT2D eigenvalue weighted by Crippen LogP contribution is -2.07. The number of nitrogens with one attached hydrogen (secondary N) is 1. The molecule has 6 heteroatoms. The topological polar surface area (TPSA) is 39.1 Å². The van der Waals surface area contributed by atoms with Gasteiger partial charge < -0.3 is 14.6 Å². The van der Waals surface area contributed by atoms with Gasteiger partial charge in [0.25, 0.3) is 0 Å². The fraction of sp³-hybridized carbons (Fsp3) is 0.308. The number of methoxy groups -OCH3 is 1. The minimum atomic E-state index is 0.636. The van der Waals surface area contributed by atoms with Gasteiger partial charge in [0.05, 0.1) is 23.0 Å². The summed E-state index contributed by atoms with van der Waals surface area (Å²) in [6.07, 6.45) is 1.98. The molecule has 0 aliphatic rings. The van der Waals surface area contributed by atoms with Gasteiger partial charge in [-0.2, -0.15) is 0 Å². The Balaban J connectivity index is 2.24. The molecular formula is C13H15BrClN3O. The first-order valence-electron chi connectivity index (χ1n) is 5.85. The van der Waals surface area contributed by atoms with E-state index >= 15 is 0 Å². The van der Waals surface area contributed by atoms with Gasteiger partial charge in [0.2, 0.25) is 5.95 Å². The van der Waals surface area contributed by atoms with Crippen molar-refractivity contribution < 1.29 is 4.74 Å². The van der Waals surface area contributed by atoms with Crippen LogP contribution in [0.4, 0.5) is 11.6 Å². The Morgan fingerprint density at radius 1 is 1.47 bits per heavy atom. The summed E-state index contributed by atoms with van der Waals surface area (Å²) in [6, 6.07) is 5.66. The number of hydrogen-bond donors (Lipinski definition) is 1. The summed E-state index contributed by atoms with van der Waals surface area (Å²) in [6.45, 7) is 3.33. The van der Waals surface area contributed by atoms with Crippen LogP contribution in [-0.2, 0) is 11.3 Å². The highest BCUT2D eigenvalue weighted by atomic mass is 79.9. The number of rotatable bonds is 5. The van der Waals surface area contributed by atoms with Gasteiger partial charge in [-0.05, 0) is 25.1 Å². The van der Waals surface area contributed by atoms with Crippen molar-refractivity contribution >= 4 is 39.2 Å². The lowest BCUT2D eigenvalue weighted by molar-refractivity contribution is 0.188. The maximum Gasteiger partial charge on any atom is 0.207 e. The van der Waals surface area contributed by atoms with E-state index in [4.69, 9.17) is 16.3 Å². The number of hydrogen-bond acceptors (Lipinski definition) is 3. The molecule has 0 saturated heterocycles. The molecule has 0 fully saturated rings. The number of imidazole rings is 1. The number of aryl methyl sites for hydroxylation is 1. The lowest BCUT2D eigenvalue weighted by atomic mass is 10.3. The van der Waals surface area contributed by atoms with Crippen molar-refractivity contribution in [3.05, 3.63) is 39.6 Å². The van der Waals surface area contributed by atoms with E-state index in [9.17, 15) is 0 Å². The van der Waals surface area contributed by atoms with Gasteiger partial charge >= 0.3 is 0 Å². The first-order chi connectivity index (χ1) is 9.10. The normalized spacial score (nSPS) is 10.7. The first-order valence-corrected chi connectivity index (χ1v) is 7.02. The Kier molecular flexibility index (Phi) is 4.85. The van der Waals surface area contributed by atoms with E-state index in [1.165, 1.54) is 0 Å². The van der Waals surface area contributed by atoms with Crippen LogP contribution in [0.2, 0.25) is 5.02 Å². The van der Waals surface area contributed by atoms with E-state index < -0.39 is 0 Å². The van der Waals surface area contributed by atoms with Crippen LogP contribution >= 0.6 is 27.5 Å². The van der Waals surface area contributed by atoms with E-state index in [1.807, 2.05) is 35.9 Å². The Hall–Kier alpha value is -1.04. The highest BCUT2D eigenvalue weighted by Crippen LogP contribution is 2.28.